The highest BCUT2D eigenvalue weighted by Gasteiger charge is 2.19. The fraction of sp³-hybridized carbons (Fsp3) is 0.647. The molecule has 3 nitrogen and oxygen atoms in total. The molecule has 1 saturated heterocycles. The number of hydrogen-bond donors (Lipinski definition) is 2. The van der Waals surface area contributed by atoms with Gasteiger partial charge in [-0.3, -0.25) is 0 Å². The Hall–Kier alpha value is -1.06. The van der Waals surface area contributed by atoms with E-state index in [1.165, 1.54) is 24.1 Å². The van der Waals surface area contributed by atoms with Crippen LogP contribution in [0.1, 0.15) is 50.0 Å². The van der Waals surface area contributed by atoms with Crippen molar-refractivity contribution in [3.05, 3.63) is 29.8 Å². The quantitative estimate of drug-likeness (QED) is 0.889. The molecule has 0 radical (unpaired) electrons. The lowest BCUT2D eigenvalue weighted by Gasteiger charge is -2.28. The molecular formula is C17H26N2O. The summed E-state index contributed by atoms with van der Waals surface area (Å²) < 4.78 is 5.43. The summed E-state index contributed by atoms with van der Waals surface area (Å²) in [5.74, 6) is 0.686. The van der Waals surface area contributed by atoms with E-state index in [0.29, 0.717) is 18.0 Å². The number of anilines is 1. The van der Waals surface area contributed by atoms with E-state index in [1.807, 2.05) is 0 Å². The molecule has 3 N–H and O–H groups in total. The topological polar surface area (TPSA) is 47.3 Å². The molecule has 20 heavy (non-hydrogen) atoms. The molecule has 1 aliphatic carbocycles. The molecule has 1 heterocycles. The van der Waals surface area contributed by atoms with Crippen molar-refractivity contribution in [3.63, 3.8) is 0 Å². The maximum absolute atomic E-state index is 5.95. The summed E-state index contributed by atoms with van der Waals surface area (Å²) in [5.41, 5.74) is 8.67. The van der Waals surface area contributed by atoms with E-state index in [1.54, 1.807) is 0 Å². The van der Waals surface area contributed by atoms with Crippen LogP contribution in [0.5, 0.6) is 0 Å². The molecule has 3 rings (SSSR count). The first kappa shape index (κ1) is 13.9. The van der Waals surface area contributed by atoms with Gasteiger partial charge in [-0.05, 0) is 62.1 Å². The Morgan fingerprint density at radius 1 is 0.900 bits per heavy atom. The molecule has 110 valence electrons. The molecule has 0 spiro atoms. The molecule has 0 atom stereocenters. The first-order chi connectivity index (χ1) is 9.81. The first-order valence-electron chi connectivity index (χ1n) is 8.01. The van der Waals surface area contributed by atoms with Crippen LogP contribution < -0.4 is 11.1 Å². The van der Waals surface area contributed by atoms with Crippen molar-refractivity contribution in [3.8, 4) is 0 Å². The van der Waals surface area contributed by atoms with Crippen molar-refractivity contribution >= 4 is 5.69 Å². The Morgan fingerprint density at radius 3 is 2.20 bits per heavy atom. The highest BCUT2D eigenvalue weighted by molar-refractivity contribution is 5.46. The normalized spacial score (nSPS) is 28.2. The van der Waals surface area contributed by atoms with E-state index in [0.717, 1.165) is 38.9 Å². The fourth-order valence-corrected chi connectivity index (χ4v) is 3.38. The maximum Gasteiger partial charge on any atom is 0.0471 e. The number of nitrogens with two attached hydrogens (primary N) is 1. The third kappa shape index (κ3) is 3.53. The maximum atomic E-state index is 5.95. The van der Waals surface area contributed by atoms with Gasteiger partial charge in [0.25, 0.3) is 0 Å². The van der Waals surface area contributed by atoms with Crippen LogP contribution in [0.4, 0.5) is 5.69 Å². The van der Waals surface area contributed by atoms with Gasteiger partial charge in [0.15, 0.2) is 0 Å². The summed E-state index contributed by atoms with van der Waals surface area (Å²) in [6.45, 7) is 1.82. The molecule has 3 heteroatoms. The van der Waals surface area contributed by atoms with Crippen LogP contribution in [0.15, 0.2) is 24.3 Å². The molecule has 0 amide bonds. The summed E-state index contributed by atoms with van der Waals surface area (Å²) in [7, 11) is 0. The predicted molar refractivity (Wildman–Crippen MR) is 83.1 cm³/mol. The van der Waals surface area contributed by atoms with Crippen molar-refractivity contribution in [2.24, 2.45) is 5.73 Å². The third-order valence-corrected chi connectivity index (χ3v) is 4.75. The van der Waals surface area contributed by atoms with Gasteiger partial charge in [0, 0.05) is 31.0 Å². The highest BCUT2D eigenvalue weighted by atomic mass is 16.5. The number of ether oxygens (including phenoxy) is 1. The second-order valence-corrected chi connectivity index (χ2v) is 6.26. The van der Waals surface area contributed by atoms with Gasteiger partial charge in [-0.1, -0.05) is 12.1 Å². The summed E-state index contributed by atoms with van der Waals surface area (Å²) in [6, 6.07) is 10.1. The Labute approximate surface area is 121 Å². The van der Waals surface area contributed by atoms with E-state index in [9.17, 15) is 0 Å². The summed E-state index contributed by atoms with van der Waals surface area (Å²) >= 11 is 0. The second kappa shape index (κ2) is 6.59. The van der Waals surface area contributed by atoms with Crippen LogP contribution in [0.2, 0.25) is 0 Å². The lowest BCUT2D eigenvalue weighted by Crippen LogP contribution is -2.32. The Bertz CT molecular complexity index is 404. The van der Waals surface area contributed by atoms with Crippen LogP contribution in [0.3, 0.4) is 0 Å². The molecule has 1 aliphatic heterocycles. The molecule has 1 aromatic carbocycles. The lowest BCUT2D eigenvalue weighted by atomic mass is 9.90. The van der Waals surface area contributed by atoms with Gasteiger partial charge in [-0.15, -0.1) is 0 Å². The predicted octanol–water partition coefficient (Wildman–Crippen LogP) is 3.26. The van der Waals surface area contributed by atoms with Crippen LogP contribution in [0.25, 0.3) is 0 Å². The molecule has 1 aromatic rings. The minimum Gasteiger partial charge on any atom is -0.382 e. The van der Waals surface area contributed by atoms with E-state index in [4.69, 9.17) is 10.5 Å². The third-order valence-electron chi connectivity index (χ3n) is 4.75. The minimum atomic E-state index is 0.420. The van der Waals surface area contributed by atoms with Crippen molar-refractivity contribution in [1.29, 1.82) is 0 Å². The molecule has 1 saturated carbocycles. The van der Waals surface area contributed by atoms with Crippen LogP contribution in [-0.4, -0.2) is 25.3 Å². The number of benzene rings is 1. The van der Waals surface area contributed by atoms with Crippen molar-refractivity contribution in [1.82, 2.24) is 0 Å². The molecule has 0 bridgehead atoms. The van der Waals surface area contributed by atoms with Crippen molar-refractivity contribution < 1.29 is 4.74 Å². The smallest absolute Gasteiger partial charge is 0.0471 e. The largest absolute Gasteiger partial charge is 0.382 e. The SMILES string of the molecule is NC1CCC(Nc2ccc(C3CCOCC3)cc2)CC1. The van der Waals surface area contributed by atoms with Crippen LogP contribution in [-0.2, 0) is 4.74 Å². The first-order valence-corrected chi connectivity index (χ1v) is 8.01. The molecular weight excluding hydrogens is 248 g/mol. The zero-order valence-electron chi connectivity index (χ0n) is 12.2. The lowest BCUT2D eigenvalue weighted by molar-refractivity contribution is 0.0853. The van der Waals surface area contributed by atoms with Gasteiger partial charge in [-0.2, -0.15) is 0 Å². The van der Waals surface area contributed by atoms with Gasteiger partial charge in [0.05, 0.1) is 0 Å². The van der Waals surface area contributed by atoms with E-state index in [-0.39, 0.29) is 0 Å². The highest BCUT2D eigenvalue weighted by Crippen LogP contribution is 2.28. The Balaban J connectivity index is 1.55. The van der Waals surface area contributed by atoms with Gasteiger partial charge < -0.3 is 15.8 Å². The van der Waals surface area contributed by atoms with Gasteiger partial charge in [-0.25, -0.2) is 0 Å². The average molecular weight is 274 g/mol. The average Bonchev–Trinajstić information content (AvgIpc) is 2.51. The molecule has 2 aliphatic rings. The summed E-state index contributed by atoms with van der Waals surface area (Å²) in [4.78, 5) is 0. The number of rotatable bonds is 3. The van der Waals surface area contributed by atoms with Gasteiger partial charge in [0.2, 0.25) is 0 Å². The Kier molecular flexibility index (Phi) is 4.58. The second-order valence-electron chi connectivity index (χ2n) is 6.26. The summed E-state index contributed by atoms with van der Waals surface area (Å²) in [6.07, 6.45) is 7.02. The van der Waals surface area contributed by atoms with E-state index >= 15 is 0 Å². The molecule has 2 fully saturated rings. The zero-order chi connectivity index (χ0) is 13.8. The molecule has 0 unspecified atom stereocenters. The van der Waals surface area contributed by atoms with E-state index in [2.05, 4.69) is 29.6 Å². The minimum absolute atomic E-state index is 0.420. The summed E-state index contributed by atoms with van der Waals surface area (Å²) in [5, 5.41) is 3.65. The zero-order valence-corrected chi connectivity index (χ0v) is 12.2. The van der Waals surface area contributed by atoms with Crippen molar-refractivity contribution in [2.75, 3.05) is 18.5 Å². The van der Waals surface area contributed by atoms with Crippen molar-refractivity contribution in [2.45, 2.75) is 56.5 Å². The molecule has 0 aromatic heterocycles. The standard InChI is InChI=1S/C17H26N2O/c18-15-3-7-17(8-4-15)19-16-5-1-13(2-6-16)14-9-11-20-12-10-14/h1-2,5-6,14-15,17,19H,3-4,7-12,18H2. The van der Waals surface area contributed by atoms with E-state index < -0.39 is 0 Å². The van der Waals surface area contributed by atoms with Crippen LogP contribution in [0, 0.1) is 0 Å². The number of hydrogen-bond acceptors (Lipinski definition) is 3. The van der Waals surface area contributed by atoms with Crippen LogP contribution >= 0.6 is 0 Å². The Morgan fingerprint density at radius 2 is 1.55 bits per heavy atom. The van der Waals surface area contributed by atoms with Gasteiger partial charge >= 0.3 is 0 Å². The fourth-order valence-electron chi connectivity index (χ4n) is 3.38. The monoisotopic (exact) mass is 274 g/mol. The number of nitrogens with one attached hydrogen (secondary N) is 1. The van der Waals surface area contributed by atoms with Gasteiger partial charge in [0.1, 0.15) is 0 Å².